The van der Waals surface area contributed by atoms with Gasteiger partial charge in [-0.3, -0.25) is 28.7 Å². The highest BCUT2D eigenvalue weighted by Crippen LogP contribution is 2.48. The lowest BCUT2D eigenvalue weighted by atomic mass is 10.0. The minimum atomic E-state index is -4.87. The second kappa shape index (κ2) is 21.2. The van der Waals surface area contributed by atoms with E-state index < -0.39 is 50.0 Å². The van der Waals surface area contributed by atoms with Crippen molar-refractivity contribution >= 4 is 137 Å². The minimum Gasteiger partial charge on any atom is -0.338 e. The van der Waals surface area contributed by atoms with E-state index in [0.29, 0.717) is 49.6 Å². The Morgan fingerprint density at radius 1 is 0.759 bits per heavy atom. The summed E-state index contributed by atoms with van der Waals surface area (Å²) in [6, 6.07) is 17.8. The molecule has 0 unspecified atom stereocenters. The number of azo groups is 1. The van der Waals surface area contributed by atoms with E-state index in [0.717, 1.165) is 39.0 Å². The topological polar surface area (TPSA) is 346 Å². The Labute approximate surface area is 461 Å². The maximum atomic E-state index is 13.1. The van der Waals surface area contributed by atoms with Crippen molar-refractivity contribution in [3.63, 3.8) is 0 Å². The Morgan fingerprint density at radius 3 is 2.03 bits per heavy atom. The van der Waals surface area contributed by atoms with Crippen LogP contribution in [0.3, 0.4) is 0 Å². The minimum absolute atomic E-state index is 0.0213. The first-order chi connectivity index (χ1) is 37.2. The fraction of sp³-hybridized carbons (Fsp3) is 0.146. The summed E-state index contributed by atoms with van der Waals surface area (Å²) in [5, 5.41) is 42.5. The molecule has 406 valence electrons. The predicted octanol–water partition coefficient (Wildman–Crippen LogP) is 12.6. The van der Waals surface area contributed by atoms with Gasteiger partial charge in [0.1, 0.15) is 22.1 Å². The van der Waals surface area contributed by atoms with Crippen LogP contribution in [-0.2, 0) is 39.7 Å². The highest BCUT2D eigenvalue weighted by Gasteiger charge is 2.31. The third-order valence-corrected chi connectivity index (χ3v) is 18.0. The first-order valence-electron chi connectivity index (χ1n) is 22.5. The Hall–Kier alpha value is -7.71. The lowest BCUT2D eigenvalue weighted by molar-refractivity contribution is -0.432. The van der Waals surface area contributed by atoms with Crippen molar-refractivity contribution < 1.29 is 58.5 Å². The number of rotatable bonds is 16. The van der Waals surface area contributed by atoms with Crippen molar-refractivity contribution in [1.29, 1.82) is 0 Å². The van der Waals surface area contributed by atoms with Crippen molar-refractivity contribution in [2.45, 2.75) is 68.0 Å². The van der Waals surface area contributed by atoms with Crippen LogP contribution in [0.2, 0.25) is 0 Å². The van der Waals surface area contributed by atoms with Gasteiger partial charge >= 0.3 is 0 Å². The van der Waals surface area contributed by atoms with Gasteiger partial charge in [0.2, 0.25) is 5.13 Å². The number of nitro groups is 1. The molecule has 79 heavy (non-hydrogen) atoms. The summed E-state index contributed by atoms with van der Waals surface area (Å²) in [5.74, 6) is -0.225. The maximum absolute atomic E-state index is 13.1. The smallest absolute Gasteiger partial charge is 0.295 e. The summed E-state index contributed by atoms with van der Waals surface area (Å²) < 4.78 is 112. The van der Waals surface area contributed by atoms with Crippen molar-refractivity contribution in [2.24, 2.45) is 10.2 Å². The molecule has 31 heteroatoms. The molecule has 0 spiro atoms. The first kappa shape index (κ1) is 56.0. The fourth-order valence-corrected chi connectivity index (χ4v) is 13.5. The molecule has 25 nitrogen and oxygen atoms in total. The van der Waals surface area contributed by atoms with Gasteiger partial charge in [-0.05, 0) is 135 Å². The molecular weight excluding hydrogens is 1150 g/mol. The van der Waals surface area contributed by atoms with Crippen LogP contribution in [0.1, 0.15) is 38.9 Å². The predicted molar refractivity (Wildman–Crippen MR) is 294 cm³/mol. The van der Waals surface area contributed by atoms with Crippen LogP contribution >= 0.6 is 34.7 Å². The highest BCUT2D eigenvalue weighted by molar-refractivity contribution is 7.94. The van der Waals surface area contributed by atoms with E-state index >= 15 is 0 Å². The first-order valence-corrected chi connectivity index (χ1v) is 29.2. The highest BCUT2D eigenvalue weighted by atomic mass is 32.2. The molecule has 0 radical (unpaired) electrons. The Morgan fingerprint density at radius 2 is 1.41 bits per heavy atom. The molecular formula is C48H39N11O14S6. The van der Waals surface area contributed by atoms with E-state index in [1.165, 1.54) is 73.3 Å². The molecule has 5 aromatic carbocycles. The van der Waals surface area contributed by atoms with Crippen LogP contribution < -0.4 is 10.2 Å². The van der Waals surface area contributed by atoms with E-state index in [2.05, 4.69) is 30.4 Å². The van der Waals surface area contributed by atoms with Crippen LogP contribution in [0.4, 0.5) is 51.0 Å². The summed E-state index contributed by atoms with van der Waals surface area (Å²) in [6.07, 6.45) is 0. The van der Waals surface area contributed by atoms with Crippen LogP contribution in [0.5, 0.6) is 0 Å². The number of nitro benzene ring substituents is 1. The van der Waals surface area contributed by atoms with Gasteiger partial charge in [0.25, 0.3) is 41.7 Å². The molecule has 4 aromatic heterocycles. The number of nitrogens with one attached hydrogen (secondary N) is 1. The van der Waals surface area contributed by atoms with Gasteiger partial charge < -0.3 is 5.32 Å². The second-order valence-electron chi connectivity index (χ2n) is 17.6. The average Bonchev–Trinajstić information content (AvgIpc) is 4.09. The van der Waals surface area contributed by atoms with Gasteiger partial charge in [0.15, 0.2) is 16.8 Å². The molecule has 5 N–H and O–H groups in total. The van der Waals surface area contributed by atoms with Crippen molar-refractivity contribution in [3.05, 3.63) is 139 Å². The van der Waals surface area contributed by atoms with E-state index in [1.807, 2.05) is 6.07 Å². The largest absolute Gasteiger partial charge is 0.338 e. The quantitative estimate of drug-likeness (QED) is 0.0114. The maximum Gasteiger partial charge on any atom is 0.295 e. The van der Waals surface area contributed by atoms with E-state index in [4.69, 9.17) is 31.2 Å². The SMILES string of the molecule is [C-]#[N+]c1c(-c2cccc([N+](=O)[O-])c2)nn(-c2nc3ccc(S(=O)(=O)O)cc3s2)c1/N=N/c1c(C)cc(N(c2nc3ccc(S(=O)(=O)O)cc3s2)c2c(C)cc(C)c(S(=O)(=O)O)c2C)nc1Nc1c(C)cc(C)c(SOOO)c1C. The van der Waals surface area contributed by atoms with Gasteiger partial charge in [0, 0.05) is 22.7 Å². The number of aryl methyl sites for hydroxylation is 5. The Kier molecular flexibility index (Phi) is 15.0. The summed E-state index contributed by atoms with van der Waals surface area (Å²) in [4.78, 5) is 30.4. The third-order valence-electron chi connectivity index (χ3n) is 12.2. The zero-order valence-corrected chi connectivity index (χ0v) is 46.7. The second-order valence-corrected chi connectivity index (χ2v) is 24.5. The van der Waals surface area contributed by atoms with Gasteiger partial charge in [-0.25, -0.2) is 25.1 Å². The van der Waals surface area contributed by atoms with Crippen LogP contribution in [0.25, 0.3) is 41.7 Å². The number of non-ortho nitro benzene ring substituents is 1. The van der Waals surface area contributed by atoms with Crippen LogP contribution in [0, 0.1) is 65.2 Å². The average molecular weight is 1190 g/mol. The number of aromatic nitrogens is 5. The number of hydrogen-bond donors (Lipinski definition) is 5. The fourth-order valence-electron chi connectivity index (χ4n) is 8.92. The summed E-state index contributed by atoms with van der Waals surface area (Å²) in [6.45, 7) is 20.1. The molecule has 0 fully saturated rings. The number of pyridine rings is 1. The molecule has 0 aliphatic carbocycles. The zero-order valence-electron chi connectivity index (χ0n) is 41.8. The number of benzene rings is 5. The zero-order chi connectivity index (χ0) is 57.2. The van der Waals surface area contributed by atoms with Crippen LogP contribution in [-0.4, -0.2) is 73.8 Å². The van der Waals surface area contributed by atoms with Gasteiger partial charge in [-0.1, -0.05) is 52.0 Å². The standard InChI is InChI=1S/C48H39N11O14S6/c1-22-16-25(4)43(76-73-72-62)27(6)38(22)53-45-39(54-55-46-41(49-8)40(29-10-9-11-30(19-29)59(60)61)56-58(46)48-51-34-15-13-32(78(66,67)68)21-36(34)75-48)23(2)18-37(52-45)57(42-24(3)17-26(5)44(28(42)7)79(69,70)71)47-50-33-14-12-31(77(63,64)65)20-35(33)74-47/h9-21,62H,1-7H3,(H,52,53)(H,63,64,65)(H,66,67,68)(H,69,70,71)/b55-54+. The number of fused-ring (bicyclic) bond motifs is 2. The summed E-state index contributed by atoms with van der Waals surface area (Å²) in [7, 11) is -14.2. The molecule has 0 bridgehead atoms. The number of nitrogens with zero attached hydrogens (tertiary/aromatic N) is 10. The normalized spacial score (nSPS) is 12.2. The van der Waals surface area contributed by atoms with Gasteiger partial charge in [-0.15, -0.1) is 14.6 Å². The summed E-state index contributed by atoms with van der Waals surface area (Å²) >= 11 is 2.59. The molecule has 0 atom stereocenters. The number of thiazole rings is 2. The molecule has 9 rings (SSSR count). The molecule has 0 aliphatic rings. The molecule has 0 aliphatic heterocycles. The number of hydrogen-bond acceptors (Lipinski definition) is 22. The molecule has 0 saturated carbocycles. The van der Waals surface area contributed by atoms with E-state index in [-0.39, 0.29) is 88.6 Å². The van der Waals surface area contributed by atoms with Crippen molar-refractivity contribution in [3.8, 4) is 16.4 Å². The number of anilines is 5. The molecule has 9 aromatic rings. The third kappa shape index (κ3) is 10.9. The molecule has 0 amide bonds. The van der Waals surface area contributed by atoms with Gasteiger partial charge in [-0.2, -0.15) is 35.0 Å². The van der Waals surface area contributed by atoms with Crippen LogP contribution in [0.15, 0.2) is 109 Å². The van der Waals surface area contributed by atoms with Crippen molar-refractivity contribution in [2.75, 3.05) is 10.2 Å². The lowest BCUT2D eigenvalue weighted by Gasteiger charge is -2.28. The van der Waals surface area contributed by atoms with Gasteiger partial charge in [0.05, 0.1) is 59.4 Å². The lowest BCUT2D eigenvalue weighted by Crippen LogP contribution is -2.17. The Balaban J connectivity index is 1.33. The molecule has 4 heterocycles. The van der Waals surface area contributed by atoms with E-state index in [1.54, 1.807) is 46.8 Å². The Bertz CT molecular complexity index is 4480. The monoisotopic (exact) mass is 1190 g/mol. The van der Waals surface area contributed by atoms with E-state index in [9.17, 15) is 49.0 Å². The summed E-state index contributed by atoms with van der Waals surface area (Å²) in [5.41, 5.74) is 3.79. The molecule has 0 saturated heterocycles. The van der Waals surface area contributed by atoms with Crippen molar-refractivity contribution in [1.82, 2.24) is 24.7 Å².